The second kappa shape index (κ2) is 7.77. The Morgan fingerprint density at radius 2 is 1.19 bits per heavy atom. The van der Waals surface area contributed by atoms with Gasteiger partial charge in [0.15, 0.2) is 0 Å². The molecule has 0 aliphatic carbocycles. The Morgan fingerprint density at radius 1 is 0.815 bits per heavy atom. The van der Waals surface area contributed by atoms with Crippen LogP contribution in [0.2, 0.25) is 0 Å². The SMILES string of the molecule is O=C(O)Nc1ccc(Cc2ccc(NC(=O)O)c([N+](=O)[O-])c2)cc1[N+](=O)[O-]. The molecule has 2 aromatic carbocycles. The van der Waals surface area contributed by atoms with E-state index in [-0.39, 0.29) is 17.8 Å². The monoisotopic (exact) mass is 376 g/mol. The van der Waals surface area contributed by atoms with Gasteiger partial charge in [0.05, 0.1) is 9.85 Å². The van der Waals surface area contributed by atoms with Gasteiger partial charge in [-0.3, -0.25) is 30.9 Å². The van der Waals surface area contributed by atoms with E-state index in [1.807, 2.05) is 10.6 Å². The van der Waals surface area contributed by atoms with Crippen LogP contribution < -0.4 is 10.6 Å². The molecule has 140 valence electrons. The Morgan fingerprint density at radius 3 is 1.48 bits per heavy atom. The van der Waals surface area contributed by atoms with Crippen molar-refractivity contribution in [2.24, 2.45) is 0 Å². The third-order valence-corrected chi connectivity index (χ3v) is 3.41. The molecule has 0 heterocycles. The van der Waals surface area contributed by atoms with Crippen molar-refractivity contribution >= 4 is 34.9 Å². The fraction of sp³-hybridized carbons (Fsp3) is 0.0667. The summed E-state index contributed by atoms with van der Waals surface area (Å²) in [7, 11) is 0. The molecule has 0 aliphatic rings. The summed E-state index contributed by atoms with van der Waals surface area (Å²) in [6.45, 7) is 0. The van der Waals surface area contributed by atoms with Gasteiger partial charge in [0, 0.05) is 12.1 Å². The summed E-state index contributed by atoms with van der Waals surface area (Å²) in [5.74, 6) is 0. The van der Waals surface area contributed by atoms with Gasteiger partial charge in [0.1, 0.15) is 11.4 Å². The first-order chi connectivity index (χ1) is 12.7. The molecule has 0 fully saturated rings. The number of nitrogens with zero attached hydrogens (tertiary/aromatic N) is 2. The van der Waals surface area contributed by atoms with E-state index in [9.17, 15) is 29.8 Å². The first kappa shape index (κ1) is 19.1. The topological polar surface area (TPSA) is 185 Å². The van der Waals surface area contributed by atoms with Crippen molar-refractivity contribution in [1.29, 1.82) is 0 Å². The normalized spacial score (nSPS) is 10.1. The summed E-state index contributed by atoms with van der Waals surface area (Å²) in [4.78, 5) is 42.1. The highest BCUT2D eigenvalue weighted by Crippen LogP contribution is 2.29. The lowest BCUT2D eigenvalue weighted by Crippen LogP contribution is -2.10. The number of anilines is 2. The number of carbonyl (C=O) groups is 2. The van der Waals surface area contributed by atoms with Crippen LogP contribution in [0.25, 0.3) is 0 Å². The van der Waals surface area contributed by atoms with Gasteiger partial charge < -0.3 is 10.2 Å². The van der Waals surface area contributed by atoms with Crippen LogP contribution in [0.4, 0.5) is 32.3 Å². The number of hydrogen-bond acceptors (Lipinski definition) is 6. The number of amides is 2. The van der Waals surface area contributed by atoms with Crippen LogP contribution in [-0.2, 0) is 6.42 Å². The zero-order chi connectivity index (χ0) is 20.1. The average molecular weight is 376 g/mol. The number of nitro groups is 2. The minimum absolute atomic E-state index is 0.0718. The maximum atomic E-state index is 11.1. The van der Waals surface area contributed by atoms with Gasteiger partial charge in [-0.05, 0) is 29.7 Å². The predicted molar refractivity (Wildman–Crippen MR) is 92.3 cm³/mol. The second-order valence-electron chi connectivity index (χ2n) is 5.25. The molecule has 12 heteroatoms. The van der Waals surface area contributed by atoms with Crippen molar-refractivity contribution in [2.45, 2.75) is 6.42 Å². The van der Waals surface area contributed by atoms with Crippen LogP contribution in [0, 0.1) is 20.2 Å². The van der Waals surface area contributed by atoms with Crippen molar-refractivity contribution < 1.29 is 29.6 Å². The summed E-state index contributed by atoms with van der Waals surface area (Å²) in [5, 5.41) is 43.5. The van der Waals surface area contributed by atoms with Gasteiger partial charge in [-0.2, -0.15) is 0 Å². The van der Waals surface area contributed by atoms with Gasteiger partial charge in [0.2, 0.25) is 0 Å². The number of benzene rings is 2. The van der Waals surface area contributed by atoms with E-state index < -0.39 is 33.4 Å². The molecule has 27 heavy (non-hydrogen) atoms. The summed E-state index contributed by atoms with van der Waals surface area (Å²) in [6.07, 6.45) is -2.84. The lowest BCUT2D eigenvalue weighted by Gasteiger charge is -2.08. The Kier molecular flexibility index (Phi) is 5.50. The molecule has 2 rings (SSSR count). The third kappa shape index (κ3) is 4.88. The molecule has 2 amide bonds. The van der Waals surface area contributed by atoms with Crippen LogP contribution in [0.5, 0.6) is 0 Å². The van der Waals surface area contributed by atoms with E-state index in [2.05, 4.69) is 0 Å². The minimum atomic E-state index is -1.46. The number of nitrogens with one attached hydrogen (secondary N) is 2. The lowest BCUT2D eigenvalue weighted by molar-refractivity contribution is -0.384. The second-order valence-corrected chi connectivity index (χ2v) is 5.25. The van der Waals surface area contributed by atoms with Crippen LogP contribution in [0.15, 0.2) is 36.4 Å². The van der Waals surface area contributed by atoms with Crippen LogP contribution >= 0.6 is 0 Å². The molecule has 0 unspecified atom stereocenters. The molecule has 0 saturated carbocycles. The molecular weight excluding hydrogens is 364 g/mol. The molecule has 12 nitrogen and oxygen atoms in total. The van der Waals surface area contributed by atoms with Crippen molar-refractivity contribution in [1.82, 2.24) is 0 Å². The van der Waals surface area contributed by atoms with E-state index in [1.165, 1.54) is 24.3 Å². The molecule has 0 aliphatic heterocycles. The highest BCUT2D eigenvalue weighted by molar-refractivity contribution is 5.87. The summed E-state index contributed by atoms with van der Waals surface area (Å²) in [5.41, 5.74) is -0.523. The first-order valence-electron chi connectivity index (χ1n) is 7.22. The van der Waals surface area contributed by atoms with Crippen molar-refractivity contribution in [3.63, 3.8) is 0 Å². The molecule has 0 radical (unpaired) electrons. The van der Waals surface area contributed by atoms with Gasteiger partial charge in [-0.25, -0.2) is 9.59 Å². The molecule has 0 aromatic heterocycles. The molecule has 0 spiro atoms. The molecule has 0 bridgehead atoms. The molecule has 4 N–H and O–H groups in total. The average Bonchev–Trinajstić information content (AvgIpc) is 2.56. The Bertz CT molecular complexity index is 868. The van der Waals surface area contributed by atoms with E-state index in [0.717, 1.165) is 12.1 Å². The van der Waals surface area contributed by atoms with Gasteiger partial charge >= 0.3 is 12.2 Å². The van der Waals surface area contributed by atoms with Gasteiger partial charge in [-0.15, -0.1) is 0 Å². The Labute approximate surface area is 150 Å². The number of carboxylic acid groups (broad SMARTS) is 2. The fourth-order valence-electron chi connectivity index (χ4n) is 2.35. The van der Waals surface area contributed by atoms with E-state index in [1.54, 1.807) is 0 Å². The van der Waals surface area contributed by atoms with Crippen molar-refractivity contribution in [3.8, 4) is 0 Å². The maximum absolute atomic E-state index is 11.1. The smallest absolute Gasteiger partial charge is 0.409 e. The molecule has 0 atom stereocenters. The largest absolute Gasteiger partial charge is 0.465 e. The first-order valence-corrected chi connectivity index (χ1v) is 7.22. The van der Waals surface area contributed by atoms with E-state index in [0.29, 0.717) is 11.1 Å². The number of rotatable bonds is 6. The summed E-state index contributed by atoms with van der Waals surface area (Å²) in [6, 6.07) is 7.62. The minimum Gasteiger partial charge on any atom is -0.465 e. The Hall–Kier alpha value is -4.22. The zero-order valence-electron chi connectivity index (χ0n) is 13.4. The number of hydrogen-bond donors (Lipinski definition) is 4. The third-order valence-electron chi connectivity index (χ3n) is 3.41. The lowest BCUT2D eigenvalue weighted by atomic mass is 10.0. The standard InChI is InChI=1S/C15H12N4O8/c20-14(21)16-10-3-1-8(6-12(10)18(24)25)5-9-2-4-11(17-15(22)23)13(7-9)19(26)27/h1-4,6-7,16-17H,5H2,(H,20,21)(H,22,23). The van der Waals surface area contributed by atoms with Gasteiger partial charge in [-0.1, -0.05) is 12.1 Å². The quantitative estimate of drug-likeness (QED) is 0.437. The Balaban J connectivity index is 2.36. The molecule has 0 saturated heterocycles. The fourth-order valence-corrected chi connectivity index (χ4v) is 2.35. The number of nitro benzene ring substituents is 2. The van der Waals surface area contributed by atoms with Gasteiger partial charge in [0.25, 0.3) is 11.4 Å². The summed E-state index contributed by atoms with van der Waals surface area (Å²) >= 11 is 0. The highest BCUT2D eigenvalue weighted by Gasteiger charge is 2.19. The van der Waals surface area contributed by atoms with Crippen molar-refractivity contribution in [3.05, 3.63) is 67.8 Å². The molecular formula is C15H12N4O8. The predicted octanol–water partition coefficient (Wildman–Crippen LogP) is 3.27. The maximum Gasteiger partial charge on any atom is 0.409 e. The van der Waals surface area contributed by atoms with E-state index in [4.69, 9.17) is 10.2 Å². The summed E-state index contributed by atoms with van der Waals surface area (Å²) < 4.78 is 0. The van der Waals surface area contributed by atoms with Crippen LogP contribution in [0.1, 0.15) is 11.1 Å². The highest BCUT2D eigenvalue weighted by atomic mass is 16.6. The van der Waals surface area contributed by atoms with E-state index >= 15 is 0 Å². The van der Waals surface area contributed by atoms with Crippen LogP contribution in [-0.4, -0.2) is 32.2 Å². The van der Waals surface area contributed by atoms with Crippen LogP contribution in [0.3, 0.4) is 0 Å². The molecule has 2 aromatic rings. The van der Waals surface area contributed by atoms with Crippen molar-refractivity contribution in [2.75, 3.05) is 10.6 Å². The zero-order valence-corrected chi connectivity index (χ0v) is 13.4.